The zero-order chi connectivity index (χ0) is 24.2. The van der Waals surface area contributed by atoms with Crippen LogP contribution in [-0.2, 0) is 19.0 Å². The van der Waals surface area contributed by atoms with Crippen LogP contribution in [0.3, 0.4) is 0 Å². The van der Waals surface area contributed by atoms with Crippen LogP contribution in [0.5, 0.6) is 0 Å². The summed E-state index contributed by atoms with van der Waals surface area (Å²) in [7, 11) is 0. The van der Waals surface area contributed by atoms with Crippen molar-refractivity contribution in [2.75, 3.05) is 31.1 Å². The van der Waals surface area contributed by atoms with Gasteiger partial charge in [-0.3, -0.25) is 4.79 Å². The molecular weight excluding hydrogens is 455 g/mol. The molecule has 1 amide bonds. The van der Waals surface area contributed by atoms with Gasteiger partial charge < -0.3 is 9.80 Å². The number of alkyl halides is 3. The molecule has 0 bridgehead atoms. The Balaban J connectivity index is 1.35. The van der Waals surface area contributed by atoms with Gasteiger partial charge in [0.15, 0.2) is 17.0 Å². The first-order valence-corrected chi connectivity index (χ1v) is 11.6. The molecule has 6 nitrogen and oxygen atoms in total. The maximum absolute atomic E-state index is 14.3. The molecule has 1 saturated heterocycles. The van der Waals surface area contributed by atoms with E-state index in [2.05, 4.69) is 15.0 Å². The van der Waals surface area contributed by atoms with Crippen molar-refractivity contribution in [3.05, 3.63) is 83.2 Å². The van der Waals surface area contributed by atoms with Crippen LogP contribution in [0.2, 0.25) is 0 Å². The highest BCUT2D eigenvalue weighted by Gasteiger charge is 2.40. The van der Waals surface area contributed by atoms with Crippen molar-refractivity contribution < 1.29 is 18.0 Å². The van der Waals surface area contributed by atoms with E-state index < -0.39 is 11.9 Å². The summed E-state index contributed by atoms with van der Waals surface area (Å²) in [6.07, 6.45) is -3.92. The van der Waals surface area contributed by atoms with Crippen LogP contribution < -0.4 is 4.90 Å². The number of hydrogen-bond acceptors (Lipinski definition) is 4. The highest BCUT2D eigenvalue weighted by Crippen LogP contribution is 2.40. The van der Waals surface area contributed by atoms with E-state index in [1.54, 1.807) is 17.0 Å². The van der Waals surface area contributed by atoms with Crippen molar-refractivity contribution in [3.63, 3.8) is 0 Å². The van der Waals surface area contributed by atoms with Crippen molar-refractivity contribution in [2.45, 2.75) is 19.0 Å². The van der Waals surface area contributed by atoms with Crippen molar-refractivity contribution in [1.29, 1.82) is 0 Å². The first-order chi connectivity index (χ1) is 16.9. The standard InChI is InChI=1S/C26H22F3N5O/c27-26(28,29)24-20-11-10-17-6-4-5-9-19(17)23(20)30-22-16-21(31-34(22)24)25(35)33-14-12-32(13-15-33)18-7-2-1-3-8-18/h1-9,16H,10-15H2. The zero-order valence-corrected chi connectivity index (χ0v) is 18.8. The van der Waals surface area contributed by atoms with E-state index in [0.717, 1.165) is 15.8 Å². The summed E-state index contributed by atoms with van der Waals surface area (Å²) in [5, 5.41) is 4.12. The lowest BCUT2D eigenvalue weighted by Gasteiger charge is -2.35. The highest BCUT2D eigenvalue weighted by atomic mass is 19.4. The molecule has 35 heavy (non-hydrogen) atoms. The summed E-state index contributed by atoms with van der Waals surface area (Å²) in [6, 6.07) is 18.7. The molecule has 1 fully saturated rings. The molecule has 0 N–H and O–H groups in total. The Morgan fingerprint density at radius 3 is 2.34 bits per heavy atom. The molecule has 9 heteroatoms. The first kappa shape index (κ1) is 21.6. The second-order valence-electron chi connectivity index (χ2n) is 8.86. The number of anilines is 1. The third-order valence-corrected chi connectivity index (χ3v) is 6.79. The van der Waals surface area contributed by atoms with E-state index in [0.29, 0.717) is 43.9 Å². The summed E-state index contributed by atoms with van der Waals surface area (Å²) in [4.78, 5) is 21.6. The number of fused-ring (bicyclic) bond motifs is 4. The van der Waals surface area contributed by atoms with Crippen LogP contribution in [0.4, 0.5) is 18.9 Å². The van der Waals surface area contributed by atoms with Crippen LogP contribution in [0, 0.1) is 0 Å². The Bertz CT molecular complexity index is 1420. The average Bonchev–Trinajstić information content (AvgIpc) is 3.30. The van der Waals surface area contributed by atoms with Gasteiger partial charge in [-0.2, -0.15) is 18.3 Å². The number of para-hydroxylation sites is 1. The van der Waals surface area contributed by atoms with Crippen molar-refractivity contribution in [2.24, 2.45) is 0 Å². The van der Waals surface area contributed by atoms with Gasteiger partial charge in [-0.15, -0.1) is 0 Å². The molecule has 3 heterocycles. The van der Waals surface area contributed by atoms with Crippen LogP contribution in [-0.4, -0.2) is 51.6 Å². The minimum atomic E-state index is -4.63. The summed E-state index contributed by atoms with van der Waals surface area (Å²) >= 11 is 0. The van der Waals surface area contributed by atoms with Gasteiger partial charge >= 0.3 is 6.18 Å². The number of nitrogens with zero attached hydrogens (tertiary/aromatic N) is 5. The normalized spacial score (nSPS) is 15.7. The Kier molecular flexibility index (Phi) is 5.01. The number of hydrogen-bond donors (Lipinski definition) is 0. The number of carbonyl (C=O) groups excluding carboxylic acids is 1. The fourth-order valence-electron chi connectivity index (χ4n) is 5.09. The minimum Gasteiger partial charge on any atom is -0.368 e. The summed E-state index contributed by atoms with van der Waals surface area (Å²) < 4.78 is 43.6. The maximum atomic E-state index is 14.3. The topological polar surface area (TPSA) is 53.7 Å². The Labute approximate surface area is 199 Å². The zero-order valence-electron chi connectivity index (χ0n) is 18.8. The predicted molar refractivity (Wildman–Crippen MR) is 125 cm³/mol. The number of aryl methyl sites for hydroxylation is 1. The largest absolute Gasteiger partial charge is 0.433 e. The number of rotatable bonds is 2. The number of piperazine rings is 1. The van der Waals surface area contributed by atoms with E-state index in [1.807, 2.05) is 42.5 Å². The van der Waals surface area contributed by atoms with E-state index in [4.69, 9.17) is 0 Å². The van der Waals surface area contributed by atoms with Crippen LogP contribution in [0.15, 0.2) is 60.7 Å². The lowest BCUT2D eigenvalue weighted by molar-refractivity contribution is -0.143. The van der Waals surface area contributed by atoms with Gasteiger partial charge in [-0.1, -0.05) is 42.5 Å². The average molecular weight is 477 g/mol. The molecule has 1 aliphatic carbocycles. The Hall–Kier alpha value is -3.88. The number of carbonyl (C=O) groups is 1. The molecule has 0 radical (unpaired) electrons. The SMILES string of the molecule is O=C(c1cc2nc3c(c(C(F)(F)F)n2n1)CCc1ccccc1-3)N1CCN(c2ccccc2)CC1. The summed E-state index contributed by atoms with van der Waals surface area (Å²) in [5.74, 6) is -0.380. The molecule has 2 aromatic carbocycles. The van der Waals surface area contributed by atoms with Gasteiger partial charge in [0.25, 0.3) is 5.91 Å². The predicted octanol–water partition coefficient (Wildman–Crippen LogP) is 4.48. The minimum absolute atomic E-state index is 0.0215. The van der Waals surface area contributed by atoms with Gasteiger partial charge in [0, 0.05) is 49.1 Å². The second-order valence-corrected chi connectivity index (χ2v) is 8.86. The molecule has 0 atom stereocenters. The maximum Gasteiger partial charge on any atom is 0.433 e. The lowest BCUT2D eigenvalue weighted by atomic mass is 9.88. The van der Waals surface area contributed by atoms with Crippen molar-refractivity contribution in [1.82, 2.24) is 19.5 Å². The molecule has 4 aromatic rings. The van der Waals surface area contributed by atoms with Gasteiger partial charge in [0.2, 0.25) is 0 Å². The molecule has 178 valence electrons. The smallest absolute Gasteiger partial charge is 0.368 e. The second kappa shape index (κ2) is 8.11. The number of halogens is 3. The van der Waals surface area contributed by atoms with Crippen molar-refractivity contribution >= 4 is 17.2 Å². The number of amides is 1. The summed E-state index contributed by atoms with van der Waals surface area (Å²) in [5.41, 5.74) is 2.36. The van der Waals surface area contributed by atoms with E-state index >= 15 is 0 Å². The molecule has 6 rings (SSSR count). The molecular formula is C26H22F3N5O. The monoisotopic (exact) mass is 477 g/mol. The van der Waals surface area contributed by atoms with E-state index in [-0.39, 0.29) is 29.2 Å². The van der Waals surface area contributed by atoms with E-state index in [1.165, 1.54) is 6.07 Å². The first-order valence-electron chi connectivity index (χ1n) is 11.6. The molecule has 0 spiro atoms. The number of aromatic nitrogens is 3. The molecule has 0 unspecified atom stereocenters. The van der Waals surface area contributed by atoms with E-state index in [9.17, 15) is 18.0 Å². The van der Waals surface area contributed by atoms with Gasteiger partial charge in [0.1, 0.15) is 0 Å². The third kappa shape index (κ3) is 3.71. The van der Waals surface area contributed by atoms with Gasteiger partial charge in [-0.25, -0.2) is 9.50 Å². The van der Waals surface area contributed by atoms with Crippen LogP contribution in [0.1, 0.15) is 27.3 Å². The lowest BCUT2D eigenvalue weighted by Crippen LogP contribution is -2.48. The van der Waals surface area contributed by atoms with Crippen LogP contribution in [0.25, 0.3) is 16.9 Å². The quantitative estimate of drug-likeness (QED) is 0.427. The fraction of sp³-hybridized carbons (Fsp3) is 0.269. The number of benzene rings is 2. The molecule has 0 saturated carbocycles. The van der Waals surface area contributed by atoms with Gasteiger partial charge in [0.05, 0.1) is 5.69 Å². The Morgan fingerprint density at radius 1 is 0.886 bits per heavy atom. The Morgan fingerprint density at radius 2 is 1.60 bits per heavy atom. The third-order valence-electron chi connectivity index (χ3n) is 6.79. The molecule has 2 aliphatic rings. The highest BCUT2D eigenvalue weighted by molar-refractivity contribution is 5.93. The molecule has 1 aliphatic heterocycles. The van der Waals surface area contributed by atoms with Crippen molar-refractivity contribution in [3.8, 4) is 11.3 Å². The van der Waals surface area contributed by atoms with Crippen LogP contribution >= 0.6 is 0 Å². The fourth-order valence-corrected chi connectivity index (χ4v) is 5.09. The van der Waals surface area contributed by atoms with Gasteiger partial charge in [-0.05, 0) is 30.5 Å². The molecule has 2 aromatic heterocycles. The summed E-state index contributed by atoms with van der Waals surface area (Å²) in [6.45, 7) is 2.20.